The van der Waals surface area contributed by atoms with E-state index in [9.17, 15) is 9.50 Å². The predicted octanol–water partition coefficient (Wildman–Crippen LogP) is 3.33. The van der Waals surface area contributed by atoms with Crippen LogP contribution < -0.4 is 5.32 Å². The van der Waals surface area contributed by atoms with E-state index in [1.54, 1.807) is 7.11 Å². The fourth-order valence-corrected chi connectivity index (χ4v) is 2.01. The molecule has 0 amide bonds. The van der Waals surface area contributed by atoms with Gasteiger partial charge in [-0.1, -0.05) is 18.2 Å². The molecule has 106 valence electrons. The summed E-state index contributed by atoms with van der Waals surface area (Å²) in [5.74, 6) is -0.263. The molecule has 0 spiro atoms. The Labute approximate surface area is 118 Å². The highest BCUT2D eigenvalue weighted by atomic mass is 19.1. The van der Waals surface area contributed by atoms with Crippen molar-refractivity contribution in [3.8, 4) is 5.75 Å². The van der Waals surface area contributed by atoms with Gasteiger partial charge < -0.3 is 15.2 Å². The van der Waals surface area contributed by atoms with Crippen LogP contribution in [0.15, 0.2) is 42.5 Å². The predicted molar refractivity (Wildman–Crippen MR) is 77.4 cm³/mol. The molecule has 0 saturated heterocycles. The minimum atomic E-state index is -0.354. The number of hydrogen-bond acceptors (Lipinski definition) is 3. The second-order valence-electron chi connectivity index (χ2n) is 4.53. The zero-order chi connectivity index (χ0) is 14.4. The van der Waals surface area contributed by atoms with E-state index in [-0.39, 0.29) is 11.6 Å². The van der Waals surface area contributed by atoms with E-state index >= 15 is 0 Å². The van der Waals surface area contributed by atoms with Gasteiger partial charge in [0, 0.05) is 24.9 Å². The smallest absolute Gasteiger partial charge is 0.123 e. The third-order valence-electron chi connectivity index (χ3n) is 3.10. The maximum Gasteiger partial charge on any atom is 0.123 e. The van der Waals surface area contributed by atoms with Gasteiger partial charge in [-0.2, -0.15) is 0 Å². The number of para-hydroxylation sites is 1. The van der Waals surface area contributed by atoms with Crippen LogP contribution in [0, 0.1) is 5.82 Å². The highest BCUT2D eigenvalue weighted by molar-refractivity contribution is 5.52. The summed E-state index contributed by atoms with van der Waals surface area (Å²) in [6.45, 7) is 1.01. The number of aromatic hydroxyl groups is 1. The molecule has 3 nitrogen and oxygen atoms in total. The molecular weight excluding hydrogens is 257 g/mol. The second-order valence-corrected chi connectivity index (χ2v) is 4.53. The standard InChI is InChI=1S/C16H18FNO2/c1-20-9-8-12-4-2-3-5-15(12)18-11-13-10-14(17)6-7-16(13)19/h2-7,10,18-19H,8-9,11H2,1H3. The van der Waals surface area contributed by atoms with Crippen LogP contribution >= 0.6 is 0 Å². The summed E-state index contributed by atoms with van der Waals surface area (Å²) in [6, 6.07) is 11.8. The lowest BCUT2D eigenvalue weighted by molar-refractivity contribution is 0.202. The molecule has 2 aromatic carbocycles. The first-order valence-electron chi connectivity index (χ1n) is 6.49. The number of anilines is 1. The molecule has 0 atom stereocenters. The van der Waals surface area contributed by atoms with Gasteiger partial charge in [-0.25, -0.2) is 4.39 Å². The summed E-state index contributed by atoms with van der Waals surface area (Å²) in [5, 5.41) is 12.9. The van der Waals surface area contributed by atoms with Crippen LogP contribution in [0.5, 0.6) is 5.75 Å². The van der Waals surface area contributed by atoms with Gasteiger partial charge in [0.2, 0.25) is 0 Å². The quantitative estimate of drug-likeness (QED) is 0.849. The van der Waals surface area contributed by atoms with Crippen LogP contribution in [-0.2, 0) is 17.7 Å². The molecule has 0 aliphatic carbocycles. The third kappa shape index (κ3) is 3.71. The summed E-state index contributed by atoms with van der Waals surface area (Å²) in [5.41, 5.74) is 2.63. The number of phenolic OH excluding ortho intramolecular Hbond substituents is 1. The monoisotopic (exact) mass is 275 g/mol. The Morgan fingerprint density at radius 2 is 1.95 bits per heavy atom. The van der Waals surface area contributed by atoms with Crippen molar-refractivity contribution in [2.24, 2.45) is 0 Å². The number of methoxy groups -OCH3 is 1. The van der Waals surface area contributed by atoms with Crippen LogP contribution in [-0.4, -0.2) is 18.8 Å². The Morgan fingerprint density at radius 3 is 2.75 bits per heavy atom. The molecule has 0 heterocycles. The molecule has 0 bridgehead atoms. The van der Waals surface area contributed by atoms with Crippen LogP contribution in [0.1, 0.15) is 11.1 Å². The van der Waals surface area contributed by atoms with Gasteiger partial charge in [-0.05, 0) is 36.2 Å². The highest BCUT2D eigenvalue weighted by Crippen LogP contribution is 2.21. The summed E-state index contributed by atoms with van der Waals surface area (Å²) < 4.78 is 18.2. The van der Waals surface area contributed by atoms with Gasteiger partial charge >= 0.3 is 0 Å². The van der Waals surface area contributed by atoms with Crippen molar-refractivity contribution >= 4 is 5.69 Å². The number of phenols is 1. The number of hydrogen-bond donors (Lipinski definition) is 2. The summed E-state index contributed by atoms with van der Waals surface area (Å²) in [4.78, 5) is 0. The average molecular weight is 275 g/mol. The van der Waals surface area contributed by atoms with Gasteiger partial charge in [0.05, 0.1) is 6.61 Å². The molecule has 0 aliphatic rings. The first kappa shape index (κ1) is 14.3. The molecule has 20 heavy (non-hydrogen) atoms. The van der Waals surface area contributed by atoms with Crippen LogP contribution in [0.4, 0.5) is 10.1 Å². The van der Waals surface area contributed by atoms with Gasteiger partial charge in [-0.15, -0.1) is 0 Å². The Hall–Kier alpha value is -2.07. The van der Waals surface area contributed by atoms with Crippen LogP contribution in [0.2, 0.25) is 0 Å². The van der Waals surface area contributed by atoms with E-state index in [0.717, 1.165) is 17.7 Å². The first-order chi connectivity index (χ1) is 9.70. The molecule has 0 aliphatic heterocycles. The van der Waals surface area contributed by atoms with Crippen molar-refractivity contribution in [1.29, 1.82) is 0 Å². The minimum absolute atomic E-state index is 0.0910. The Bertz CT molecular complexity index is 572. The lowest BCUT2D eigenvalue weighted by atomic mass is 10.1. The van der Waals surface area contributed by atoms with E-state index in [1.807, 2.05) is 24.3 Å². The summed E-state index contributed by atoms with van der Waals surface area (Å²) >= 11 is 0. The van der Waals surface area contributed by atoms with E-state index in [4.69, 9.17) is 4.74 Å². The second kappa shape index (κ2) is 6.91. The summed E-state index contributed by atoms with van der Waals surface area (Å²) in [7, 11) is 1.67. The van der Waals surface area contributed by atoms with Crippen LogP contribution in [0.3, 0.4) is 0 Å². The molecular formula is C16H18FNO2. The zero-order valence-corrected chi connectivity index (χ0v) is 11.4. The number of benzene rings is 2. The van der Waals surface area contributed by atoms with E-state index in [1.165, 1.54) is 18.2 Å². The van der Waals surface area contributed by atoms with Crippen molar-refractivity contribution in [3.05, 3.63) is 59.4 Å². The average Bonchev–Trinajstić information content (AvgIpc) is 2.47. The Balaban J connectivity index is 2.08. The number of nitrogens with one attached hydrogen (secondary N) is 1. The molecule has 0 unspecified atom stereocenters. The third-order valence-corrected chi connectivity index (χ3v) is 3.10. The normalized spacial score (nSPS) is 10.5. The molecule has 0 fully saturated rings. The van der Waals surface area contributed by atoms with E-state index in [0.29, 0.717) is 18.7 Å². The van der Waals surface area contributed by atoms with E-state index < -0.39 is 0 Å². The topological polar surface area (TPSA) is 41.5 Å². The molecule has 2 aromatic rings. The van der Waals surface area contributed by atoms with Crippen molar-refractivity contribution in [3.63, 3.8) is 0 Å². The largest absolute Gasteiger partial charge is 0.508 e. The Morgan fingerprint density at radius 1 is 1.15 bits per heavy atom. The molecule has 0 aromatic heterocycles. The highest BCUT2D eigenvalue weighted by Gasteiger charge is 2.05. The maximum atomic E-state index is 13.2. The molecule has 2 rings (SSSR count). The maximum absolute atomic E-state index is 13.2. The number of halogens is 1. The van der Waals surface area contributed by atoms with Crippen molar-refractivity contribution in [1.82, 2.24) is 0 Å². The minimum Gasteiger partial charge on any atom is -0.508 e. The number of rotatable bonds is 6. The molecule has 0 saturated carbocycles. The van der Waals surface area contributed by atoms with Gasteiger partial charge in [-0.3, -0.25) is 0 Å². The fraction of sp³-hybridized carbons (Fsp3) is 0.250. The SMILES string of the molecule is COCCc1ccccc1NCc1cc(F)ccc1O. The van der Waals surface area contributed by atoms with Crippen LogP contribution in [0.25, 0.3) is 0 Å². The zero-order valence-electron chi connectivity index (χ0n) is 11.4. The van der Waals surface area contributed by atoms with Crippen molar-refractivity contribution < 1.29 is 14.2 Å². The first-order valence-corrected chi connectivity index (χ1v) is 6.49. The molecule has 0 radical (unpaired) electrons. The summed E-state index contributed by atoms with van der Waals surface area (Å²) in [6.07, 6.45) is 0.800. The Kier molecular flexibility index (Phi) is 4.96. The van der Waals surface area contributed by atoms with Gasteiger partial charge in [0.1, 0.15) is 11.6 Å². The van der Waals surface area contributed by atoms with Gasteiger partial charge in [0.25, 0.3) is 0 Å². The molecule has 2 N–H and O–H groups in total. The van der Waals surface area contributed by atoms with Crippen molar-refractivity contribution in [2.45, 2.75) is 13.0 Å². The lowest BCUT2D eigenvalue weighted by Crippen LogP contribution is -2.04. The molecule has 4 heteroatoms. The van der Waals surface area contributed by atoms with Gasteiger partial charge in [0.15, 0.2) is 0 Å². The lowest BCUT2D eigenvalue weighted by Gasteiger charge is -2.12. The number of ether oxygens (including phenoxy) is 1. The van der Waals surface area contributed by atoms with Crippen molar-refractivity contribution in [2.75, 3.05) is 19.0 Å². The van der Waals surface area contributed by atoms with E-state index in [2.05, 4.69) is 5.32 Å². The fourth-order valence-electron chi connectivity index (χ4n) is 2.01.